The van der Waals surface area contributed by atoms with Gasteiger partial charge in [-0.25, -0.2) is 0 Å². The van der Waals surface area contributed by atoms with Gasteiger partial charge < -0.3 is 5.11 Å². The van der Waals surface area contributed by atoms with Crippen LogP contribution in [0.2, 0.25) is 0 Å². The first-order valence-corrected chi connectivity index (χ1v) is 8.05. The Balaban J connectivity index is 3.20. The average molecular weight is 246 g/mol. The molecule has 0 rings (SSSR count). The second-order valence-corrected chi connectivity index (χ2v) is 6.23. The van der Waals surface area contributed by atoms with E-state index in [1.54, 1.807) is 0 Å². The number of unbranched alkanes of at least 4 members (excludes halogenated alkanes) is 5. The van der Waals surface area contributed by atoms with Crippen molar-refractivity contribution in [2.75, 3.05) is 5.75 Å². The fourth-order valence-electron chi connectivity index (χ4n) is 1.64. The summed E-state index contributed by atoms with van der Waals surface area (Å²) in [6.07, 6.45) is 10.0. The number of aliphatic hydroxyl groups is 1. The summed E-state index contributed by atoms with van der Waals surface area (Å²) in [5.41, 5.74) is 0. The SMILES string of the molecule is CCCCCCCCC(O)CSC(C)CC. The second-order valence-electron chi connectivity index (χ2n) is 4.76. The minimum Gasteiger partial charge on any atom is -0.392 e. The number of rotatable bonds is 11. The Morgan fingerprint density at radius 3 is 2.25 bits per heavy atom. The van der Waals surface area contributed by atoms with Crippen LogP contribution in [-0.4, -0.2) is 22.2 Å². The van der Waals surface area contributed by atoms with E-state index in [9.17, 15) is 5.11 Å². The zero-order valence-electron chi connectivity index (χ0n) is 11.4. The van der Waals surface area contributed by atoms with Crippen LogP contribution in [0, 0.1) is 0 Å². The van der Waals surface area contributed by atoms with Crippen molar-refractivity contribution in [1.82, 2.24) is 0 Å². The molecule has 98 valence electrons. The molecule has 0 aliphatic carbocycles. The van der Waals surface area contributed by atoms with Gasteiger partial charge >= 0.3 is 0 Å². The van der Waals surface area contributed by atoms with Crippen molar-refractivity contribution in [2.45, 2.75) is 83.5 Å². The molecule has 0 aliphatic heterocycles. The Labute approximate surface area is 106 Å². The fraction of sp³-hybridized carbons (Fsp3) is 1.00. The molecule has 1 nitrogen and oxygen atoms in total. The van der Waals surface area contributed by atoms with E-state index in [0.29, 0.717) is 5.25 Å². The van der Waals surface area contributed by atoms with Gasteiger partial charge in [-0.05, 0) is 12.8 Å². The number of hydrogen-bond donors (Lipinski definition) is 1. The molecule has 0 fully saturated rings. The van der Waals surface area contributed by atoms with Crippen molar-refractivity contribution in [1.29, 1.82) is 0 Å². The Morgan fingerprint density at radius 2 is 1.62 bits per heavy atom. The van der Waals surface area contributed by atoms with E-state index in [4.69, 9.17) is 0 Å². The lowest BCUT2D eigenvalue weighted by Gasteiger charge is -2.13. The van der Waals surface area contributed by atoms with E-state index in [0.717, 1.165) is 12.2 Å². The second kappa shape index (κ2) is 11.8. The van der Waals surface area contributed by atoms with E-state index in [1.807, 2.05) is 11.8 Å². The van der Waals surface area contributed by atoms with Gasteiger partial charge in [0.05, 0.1) is 6.10 Å². The van der Waals surface area contributed by atoms with Crippen LogP contribution in [0.3, 0.4) is 0 Å². The fourth-order valence-corrected chi connectivity index (χ4v) is 2.59. The van der Waals surface area contributed by atoms with Crippen molar-refractivity contribution in [3.63, 3.8) is 0 Å². The molecule has 0 saturated heterocycles. The van der Waals surface area contributed by atoms with Gasteiger partial charge in [-0.2, -0.15) is 11.8 Å². The number of hydrogen-bond acceptors (Lipinski definition) is 2. The lowest BCUT2D eigenvalue weighted by atomic mass is 10.1. The highest BCUT2D eigenvalue weighted by molar-refractivity contribution is 7.99. The predicted octanol–water partition coefficient (Wildman–Crippen LogP) is 4.63. The number of aliphatic hydroxyl groups excluding tert-OH is 1. The summed E-state index contributed by atoms with van der Waals surface area (Å²) in [7, 11) is 0. The molecule has 0 amide bonds. The molecule has 0 spiro atoms. The predicted molar refractivity (Wildman–Crippen MR) is 76.2 cm³/mol. The van der Waals surface area contributed by atoms with Crippen LogP contribution >= 0.6 is 11.8 Å². The molecular weight excluding hydrogens is 216 g/mol. The van der Waals surface area contributed by atoms with Gasteiger partial charge in [0.25, 0.3) is 0 Å². The first-order valence-electron chi connectivity index (χ1n) is 7.00. The van der Waals surface area contributed by atoms with E-state index in [1.165, 1.54) is 44.9 Å². The van der Waals surface area contributed by atoms with Crippen LogP contribution in [0.4, 0.5) is 0 Å². The summed E-state index contributed by atoms with van der Waals surface area (Å²) in [5.74, 6) is 0.921. The monoisotopic (exact) mass is 246 g/mol. The molecule has 2 unspecified atom stereocenters. The zero-order chi connectivity index (χ0) is 12.2. The molecule has 16 heavy (non-hydrogen) atoms. The van der Waals surface area contributed by atoms with E-state index in [-0.39, 0.29) is 6.10 Å². The van der Waals surface area contributed by atoms with Crippen LogP contribution in [0.25, 0.3) is 0 Å². The van der Waals surface area contributed by atoms with Gasteiger partial charge in [-0.3, -0.25) is 0 Å². The van der Waals surface area contributed by atoms with Crippen LogP contribution in [0.1, 0.15) is 72.1 Å². The average Bonchev–Trinajstić information content (AvgIpc) is 2.30. The molecule has 0 heterocycles. The van der Waals surface area contributed by atoms with E-state index >= 15 is 0 Å². The molecule has 2 atom stereocenters. The van der Waals surface area contributed by atoms with Crippen LogP contribution < -0.4 is 0 Å². The quantitative estimate of drug-likeness (QED) is 0.536. The normalized spacial score (nSPS) is 15.0. The molecule has 0 aromatic rings. The molecule has 0 aromatic heterocycles. The standard InChI is InChI=1S/C14H30OS/c1-4-6-7-8-9-10-11-14(15)12-16-13(3)5-2/h13-15H,4-12H2,1-3H3. The van der Waals surface area contributed by atoms with Crippen molar-refractivity contribution >= 4 is 11.8 Å². The zero-order valence-corrected chi connectivity index (χ0v) is 12.2. The van der Waals surface area contributed by atoms with Crippen molar-refractivity contribution < 1.29 is 5.11 Å². The van der Waals surface area contributed by atoms with Crippen LogP contribution in [0.15, 0.2) is 0 Å². The minimum atomic E-state index is -0.0785. The van der Waals surface area contributed by atoms with Gasteiger partial charge in [0.2, 0.25) is 0 Å². The van der Waals surface area contributed by atoms with E-state index < -0.39 is 0 Å². The highest BCUT2D eigenvalue weighted by Crippen LogP contribution is 2.17. The summed E-state index contributed by atoms with van der Waals surface area (Å²) in [6, 6.07) is 0. The maximum Gasteiger partial charge on any atom is 0.0630 e. The molecule has 0 radical (unpaired) electrons. The van der Waals surface area contributed by atoms with Gasteiger partial charge in [-0.15, -0.1) is 0 Å². The highest BCUT2D eigenvalue weighted by atomic mass is 32.2. The molecule has 0 aromatic carbocycles. The van der Waals surface area contributed by atoms with Crippen molar-refractivity contribution in [2.24, 2.45) is 0 Å². The molecule has 0 aliphatic rings. The largest absolute Gasteiger partial charge is 0.392 e. The Hall–Kier alpha value is 0.310. The molecule has 0 saturated carbocycles. The van der Waals surface area contributed by atoms with Gasteiger partial charge in [0.1, 0.15) is 0 Å². The highest BCUT2D eigenvalue weighted by Gasteiger charge is 2.06. The molecule has 2 heteroatoms. The minimum absolute atomic E-state index is 0.0785. The summed E-state index contributed by atoms with van der Waals surface area (Å²) < 4.78 is 0. The number of thioether (sulfide) groups is 1. The first-order chi connectivity index (χ1) is 7.70. The van der Waals surface area contributed by atoms with Crippen molar-refractivity contribution in [3.05, 3.63) is 0 Å². The maximum atomic E-state index is 9.78. The Kier molecular flexibility index (Phi) is 12.0. The summed E-state index contributed by atoms with van der Waals surface area (Å²) >= 11 is 1.91. The Bertz CT molecular complexity index is 139. The molecular formula is C14H30OS. The Morgan fingerprint density at radius 1 is 1.00 bits per heavy atom. The van der Waals surface area contributed by atoms with Crippen LogP contribution in [0.5, 0.6) is 0 Å². The first kappa shape index (κ1) is 16.3. The lowest BCUT2D eigenvalue weighted by Crippen LogP contribution is -2.12. The molecule has 0 bridgehead atoms. The maximum absolute atomic E-state index is 9.78. The summed E-state index contributed by atoms with van der Waals surface area (Å²) in [4.78, 5) is 0. The van der Waals surface area contributed by atoms with Crippen LogP contribution in [-0.2, 0) is 0 Å². The smallest absolute Gasteiger partial charge is 0.0630 e. The third-order valence-electron chi connectivity index (χ3n) is 3.04. The van der Waals surface area contributed by atoms with Gasteiger partial charge in [-0.1, -0.05) is 59.3 Å². The van der Waals surface area contributed by atoms with Gasteiger partial charge in [0, 0.05) is 11.0 Å². The van der Waals surface area contributed by atoms with Gasteiger partial charge in [0.15, 0.2) is 0 Å². The third kappa shape index (κ3) is 10.8. The van der Waals surface area contributed by atoms with Crippen molar-refractivity contribution in [3.8, 4) is 0 Å². The summed E-state index contributed by atoms with van der Waals surface area (Å²) in [5, 5.41) is 10.5. The lowest BCUT2D eigenvalue weighted by molar-refractivity contribution is 0.184. The third-order valence-corrected chi connectivity index (χ3v) is 4.52. The summed E-state index contributed by atoms with van der Waals surface area (Å²) in [6.45, 7) is 6.69. The van der Waals surface area contributed by atoms with E-state index in [2.05, 4.69) is 20.8 Å². The topological polar surface area (TPSA) is 20.2 Å². The molecule has 1 N–H and O–H groups in total.